The Hall–Kier alpha value is -3.47. The van der Waals surface area contributed by atoms with Gasteiger partial charge in [0.15, 0.2) is 0 Å². The number of aromatic nitrogens is 4. The number of hydrogen-bond donors (Lipinski definition) is 0. The van der Waals surface area contributed by atoms with E-state index in [-0.39, 0.29) is 34.7 Å². The van der Waals surface area contributed by atoms with Gasteiger partial charge in [-0.3, -0.25) is 9.36 Å². The summed E-state index contributed by atoms with van der Waals surface area (Å²) in [6.45, 7) is 6.88. The molecule has 1 aliphatic heterocycles. The number of alkyl halides is 3. The molecule has 4 rings (SSSR count). The molecular weight excluding hydrogens is 463 g/mol. The van der Waals surface area contributed by atoms with Crippen molar-refractivity contribution in [3.05, 3.63) is 58.4 Å². The molecule has 3 aromatic rings. The second-order valence-corrected chi connectivity index (χ2v) is 8.40. The number of ether oxygens (including phenoxy) is 2. The number of methoxy groups -OCH3 is 1. The predicted octanol–water partition coefficient (Wildman–Crippen LogP) is 3.97. The van der Waals surface area contributed by atoms with Crippen molar-refractivity contribution in [2.45, 2.75) is 32.0 Å². The molecule has 4 heterocycles. The first kappa shape index (κ1) is 24.6. The van der Waals surface area contributed by atoms with Crippen LogP contribution < -0.4 is 15.2 Å². The van der Waals surface area contributed by atoms with Gasteiger partial charge in [0, 0.05) is 44.9 Å². The van der Waals surface area contributed by atoms with E-state index in [0.717, 1.165) is 5.56 Å². The van der Waals surface area contributed by atoms with Crippen LogP contribution in [-0.4, -0.2) is 52.5 Å². The van der Waals surface area contributed by atoms with Crippen LogP contribution in [0.25, 0.3) is 16.5 Å². The fourth-order valence-corrected chi connectivity index (χ4v) is 4.01. The zero-order valence-electron chi connectivity index (χ0n) is 19.7. The van der Waals surface area contributed by atoms with Gasteiger partial charge < -0.3 is 14.4 Å². The Balaban J connectivity index is 1.75. The van der Waals surface area contributed by atoms with Crippen molar-refractivity contribution < 1.29 is 22.6 Å². The molecule has 1 aliphatic rings. The van der Waals surface area contributed by atoms with E-state index in [1.807, 2.05) is 11.0 Å². The number of anilines is 1. The maximum atomic E-state index is 13.0. The second kappa shape index (κ2) is 9.65. The molecule has 0 N–H and O–H groups in total. The monoisotopic (exact) mass is 489 g/mol. The van der Waals surface area contributed by atoms with Crippen LogP contribution in [0.3, 0.4) is 0 Å². The largest absolute Gasteiger partial charge is 0.481 e. The van der Waals surface area contributed by atoms with Crippen molar-refractivity contribution in [1.29, 1.82) is 0 Å². The number of allylic oxidation sites excluding steroid dienone is 1. The number of hydrogen-bond acceptors (Lipinski definition) is 7. The molecule has 3 aromatic heterocycles. The summed E-state index contributed by atoms with van der Waals surface area (Å²) in [4.78, 5) is 28.3. The minimum atomic E-state index is -4.35. The Morgan fingerprint density at radius 2 is 2.09 bits per heavy atom. The van der Waals surface area contributed by atoms with Crippen LogP contribution in [0.15, 0.2) is 35.8 Å². The summed E-state index contributed by atoms with van der Waals surface area (Å²) in [6, 6.07) is 5.32. The van der Waals surface area contributed by atoms with Crippen LogP contribution in [0.5, 0.6) is 5.88 Å². The van der Waals surface area contributed by atoms with E-state index in [4.69, 9.17) is 9.47 Å². The van der Waals surface area contributed by atoms with Gasteiger partial charge in [-0.15, -0.1) is 0 Å². The van der Waals surface area contributed by atoms with E-state index in [2.05, 4.69) is 21.5 Å². The third-order valence-corrected chi connectivity index (χ3v) is 6.05. The molecular formula is C24H26F3N5O3. The van der Waals surface area contributed by atoms with Crippen molar-refractivity contribution in [3.63, 3.8) is 0 Å². The maximum absolute atomic E-state index is 13.0. The van der Waals surface area contributed by atoms with E-state index in [1.54, 1.807) is 32.3 Å². The molecule has 186 valence electrons. The molecule has 0 bridgehead atoms. The molecule has 0 aliphatic carbocycles. The summed E-state index contributed by atoms with van der Waals surface area (Å²) in [6.07, 6.45) is -4.43. The zero-order chi connectivity index (χ0) is 25.3. The van der Waals surface area contributed by atoms with Crippen LogP contribution in [0.4, 0.5) is 19.0 Å². The fraction of sp³-hybridized carbons (Fsp3) is 0.417. The van der Waals surface area contributed by atoms with Gasteiger partial charge in [-0.1, -0.05) is 6.58 Å². The fourth-order valence-electron chi connectivity index (χ4n) is 4.01. The lowest BCUT2D eigenvalue weighted by molar-refractivity contribution is -0.133. The third kappa shape index (κ3) is 5.29. The topological polar surface area (TPSA) is 82.4 Å². The molecule has 0 amide bonds. The highest BCUT2D eigenvalue weighted by Crippen LogP contribution is 2.32. The predicted molar refractivity (Wildman–Crippen MR) is 126 cm³/mol. The Morgan fingerprint density at radius 3 is 2.80 bits per heavy atom. The number of fused-ring (bicyclic) bond motifs is 1. The molecule has 11 heteroatoms. The van der Waals surface area contributed by atoms with Gasteiger partial charge in [0.1, 0.15) is 17.7 Å². The Kier molecular flexibility index (Phi) is 6.79. The average Bonchev–Trinajstić information content (AvgIpc) is 2.84. The van der Waals surface area contributed by atoms with Crippen LogP contribution in [0, 0.1) is 6.92 Å². The number of aryl methyl sites for hydroxylation is 1. The first-order valence-electron chi connectivity index (χ1n) is 11.1. The van der Waals surface area contributed by atoms with Crippen LogP contribution >= 0.6 is 0 Å². The Labute approximate surface area is 200 Å². The molecule has 1 saturated heterocycles. The van der Waals surface area contributed by atoms with Crippen molar-refractivity contribution in [3.8, 4) is 5.88 Å². The van der Waals surface area contributed by atoms with E-state index < -0.39 is 12.6 Å². The summed E-state index contributed by atoms with van der Waals surface area (Å²) in [5.41, 5.74) is 1.15. The van der Waals surface area contributed by atoms with Crippen LogP contribution in [0.1, 0.15) is 36.0 Å². The lowest BCUT2D eigenvalue weighted by Crippen LogP contribution is -2.39. The molecule has 0 unspecified atom stereocenters. The summed E-state index contributed by atoms with van der Waals surface area (Å²) in [5.74, 6) is 1.44. The standard InChI is InChI=1S/C24H26F3N5O3/c1-14(5-7-24(25,26)27)22-21-17(29-15(2)31(3)23(21)33)12-19(30-22)32-9-10-35-18(13-32)16-6-8-28-20(11-16)34-4/h6,8,11-12,18H,1,5,7,9-10,13H2,2-4H3/t18-/m0/s1. The SMILES string of the molecule is C=C(CCC(F)(F)F)c1nc(N2CCO[C@H](c3ccnc(OC)c3)C2)cc2nc(C)n(C)c(=O)c12. The first-order valence-corrected chi connectivity index (χ1v) is 11.1. The minimum Gasteiger partial charge on any atom is -0.481 e. The zero-order valence-corrected chi connectivity index (χ0v) is 19.7. The van der Waals surface area contributed by atoms with E-state index in [1.165, 1.54) is 11.7 Å². The van der Waals surface area contributed by atoms with Gasteiger partial charge in [0.05, 0.1) is 30.3 Å². The molecule has 35 heavy (non-hydrogen) atoms. The Morgan fingerprint density at radius 1 is 1.31 bits per heavy atom. The number of nitrogens with zero attached hydrogens (tertiary/aromatic N) is 5. The lowest BCUT2D eigenvalue weighted by atomic mass is 10.0. The normalized spacial score (nSPS) is 16.5. The smallest absolute Gasteiger partial charge is 0.389 e. The van der Waals surface area contributed by atoms with E-state index >= 15 is 0 Å². The van der Waals surface area contributed by atoms with Gasteiger partial charge in [-0.25, -0.2) is 15.0 Å². The number of rotatable bonds is 6. The van der Waals surface area contributed by atoms with Crippen LogP contribution in [-0.2, 0) is 11.8 Å². The highest BCUT2D eigenvalue weighted by molar-refractivity contribution is 5.90. The lowest BCUT2D eigenvalue weighted by Gasteiger charge is -2.34. The number of pyridine rings is 2. The van der Waals surface area contributed by atoms with Crippen LogP contribution in [0.2, 0.25) is 0 Å². The summed E-state index contributed by atoms with van der Waals surface area (Å²) in [7, 11) is 3.10. The second-order valence-electron chi connectivity index (χ2n) is 8.40. The van der Waals surface area contributed by atoms with Crippen molar-refractivity contribution in [2.24, 2.45) is 7.05 Å². The summed E-state index contributed by atoms with van der Waals surface area (Å²) < 4.78 is 51.2. The number of halogens is 3. The Bertz CT molecular complexity index is 1320. The minimum absolute atomic E-state index is 0.139. The quantitative estimate of drug-likeness (QED) is 0.518. The van der Waals surface area contributed by atoms with Gasteiger partial charge in [0.2, 0.25) is 5.88 Å². The molecule has 1 fully saturated rings. The van der Waals surface area contributed by atoms with Gasteiger partial charge in [0.25, 0.3) is 5.56 Å². The van der Waals surface area contributed by atoms with Crippen molar-refractivity contribution in [2.75, 3.05) is 31.7 Å². The highest BCUT2D eigenvalue weighted by Gasteiger charge is 2.29. The molecule has 0 radical (unpaired) electrons. The summed E-state index contributed by atoms with van der Waals surface area (Å²) in [5, 5.41) is 0.165. The first-order chi connectivity index (χ1) is 16.6. The number of morpholine rings is 1. The molecule has 0 spiro atoms. The maximum Gasteiger partial charge on any atom is 0.389 e. The van der Waals surface area contributed by atoms with Gasteiger partial charge in [-0.2, -0.15) is 13.2 Å². The molecule has 1 atom stereocenters. The van der Waals surface area contributed by atoms with Crippen molar-refractivity contribution >= 4 is 22.3 Å². The van der Waals surface area contributed by atoms with Gasteiger partial charge in [-0.05, 0) is 30.5 Å². The average molecular weight is 489 g/mol. The molecule has 0 aromatic carbocycles. The van der Waals surface area contributed by atoms with Gasteiger partial charge >= 0.3 is 6.18 Å². The summed E-state index contributed by atoms with van der Waals surface area (Å²) >= 11 is 0. The third-order valence-electron chi connectivity index (χ3n) is 6.05. The molecule has 0 saturated carbocycles. The van der Waals surface area contributed by atoms with E-state index in [0.29, 0.717) is 42.7 Å². The molecule has 8 nitrogen and oxygen atoms in total. The van der Waals surface area contributed by atoms with Crippen molar-refractivity contribution in [1.82, 2.24) is 19.5 Å². The van der Waals surface area contributed by atoms with E-state index in [9.17, 15) is 18.0 Å². The highest BCUT2D eigenvalue weighted by atomic mass is 19.4.